The molecule has 0 amide bonds. The lowest BCUT2D eigenvalue weighted by atomic mass is 9.64. The highest BCUT2D eigenvalue weighted by molar-refractivity contribution is 5.04. The first kappa shape index (κ1) is 12.3. The molecule has 1 aliphatic heterocycles. The molecule has 0 radical (unpaired) electrons. The van der Waals surface area contributed by atoms with Crippen LogP contribution < -0.4 is 11.1 Å². The first-order chi connectivity index (χ1) is 7.72. The summed E-state index contributed by atoms with van der Waals surface area (Å²) >= 11 is 0. The van der Waals surface area contributed by atoms with E-state index in [1.807, 2.05) is 0 Å². The minimum absolute atomic E-state index is 0.0169. The molecule has 0 aromatic carbocycles. The lowest BCUT2D eigenvalue weighted by Crippen LogP contribution is -2.54. The van der Waals surface area contributed by atoms with Gasteiger partial charge in [-0.1, -0.05) is 32.1 Å². The van der Waals surface area contributed by atoms with Crippen molar-refractivity contribution in [1.82, 2.24) is 5.32 Å². The Morgan fingerprint density at radius 1 is 1.00 bits per heavy atom. The Morgan fingerprint density at radius 3 is 2.12 bits per heavy atom. The Balaban J connectivity index is 2.14. The van der Waals surface area contributed by atoms with Crippen LogP contribution in [0.2, 0.25) is 0 Å². The molecule has 2 aliphatic rings. The van der Waals surface area contributed by atoms with Crippen LogP contribution in [0.3, 0.4) is 0 Å². The van der Waals surface area contributed by atoms with Gasteiger partial charge >= 0.3 is 0 Å². The third-order valence-electron chi connectivity index (χ3n) is 4.82. The summed E-state index contributed by atoms with van der Waals surface area (Å²) in [7, 11) is 0. The van der Waals surface area contributed by atoms with Gasteiger partial charge in [0, 0.05) is 18.5 Å². The SMILES string of the molecule is NCC1(C2(O)CCNC2)CCCCCCC1. The van der Waals surface area contributed by atoms with Crippen LogP contribution >= 0.6 is 0 Å². The van der Waals surface area contributed by atoms with E-state index in [2.05, 4.69) is 5.32 Å². The van der Waals surface area contributed by atoms with Crippen LogP contribution in [0.25, 0.3) is 0 Å². The van der Waals surface area contributed by atoms with Crippen molar-refractivity contribution in [2.45, 2.75) is 57.0 Å². The Labute approximate surface area is 98.8 Å². The molecule has 2 fully saturated rings. The maximum atomic E-state index is 10.8. The standard InChI is InChI=1S/C13H26N2O/c14-10-12(13(16)8-9-15-11-13)6-4-2-1-3-5-7-12/h15-16H,1-11,14H2. The predicted octanol–water partition coefficient (Wildman–Crippen LogP) is 1.40. The molecule has 0 aromatic rings. The summed E-state index contributed by atoms with van der Waals surface area (Å²) in [5, 5.41) is 14.1. The van der Waals surface area contributed by atoms with Gasteiger partial charge in [-0.15, -0.1) is 0 Å². The van der Waals surface area contributed by atoms with Crippen molar-refractivity contribution in [3.63, 3.8) is 0 Å². The van der Waals surface area contributed by atoms with Gasteiger partial charge in [-0.2, -0.15) is 0 Å². The van der Waals surface area contributed by atoms with Crippen molar-refractivity contribution in [1.29, 1.82) is 0 Å². The Kier molecular flexibility index (Phi) is 3.88. The lowest BCUT2D eigenvalue weighted by Gasteiger charge is -2.46. The van der Waals surface area contributed by atoms with Crippen LogP contribution in [0.1, 0.15) is 51.4 Å². The molecule has 16 heavy (non-hydrogen) atoms. The van der Waals surface area contributed by atoms with E-state index in [9.17, 15) is 5.11 Å². The van der Waals surface area contributed by atoms with Gasteiger partial charge in [0.15, 0.2) is 0 Å². The van der Waals surface area contributed by atoms with E-state index in [-0.39, 0.29) is 5.41 Å². The summed E-state index contributed by atoms with van der Waals surface area (Å²) in [5.74, 6) is 0. The largest absolute Gasteiger partial charge is 0.388 e. The van der Waals surface area contributed by atoms with Crippen LogP contribution in [-0.4, -0.2) is 30.3 Å². The molecule has 0 aromatic heterocycles. The second kappa shape index (κ2) is 5.03. The van der Waals surface area contributed by atoms with Gasteiger partial charge in [0.1, 0.15) is 0 Å². The smallest absolute Gasteiger partial charge is 0.0851 e. The van der Waals surface area contributed by atoms with Crippen molar-refractivity contribution < 1.29 is 5.11 Å². The van der Waals surface area contributed by atoms with E-state index >= 15 is 0 Å². The molecule has 2 rings (SSSR count). The molecule has 3 heteroatoms. The van der Waals surface area contributed by atoms with Gasteiger partial charge in [0.05, 0.1) is 5.60 Å². The summed E-state index contributed by atoms with van der Waals surface area (Å²) in [6, 6.07) is 0. The number of hydrogen-bond acceptors (Lipinski definition) is 3. The van der Waals surface area contributed by atoms with Gasteiger partial charge < -0.3 is 16.2 Å². The first-order valence-corrected chi connectivity index (χ1v) is 6.86. The highest BCUT2D eigenvalue weighted by Gasteiger charge is 2.49. The average molecular weight is 226 g/mol. The van der Waals surface area contributed by atoms with E-state index in [0.29, 0.717) is 6.54 Å². The lowest BCUT2D eigenvalue weighted by molar-refractivity contribution is -0.0785. The highest BCUT2D eigenvalue weighted by Crippen LogP contribution is 2.45. The van der Waals surface area contributed by atoms with Crippen LogP contribution in [0.5, 0.6) is 0 Å². The normalized spacial score (nSPS) is 35.6. The minimum atomic E-state index is -0.543. The van der Waals surface area contributed by atoms with E-state index in [4.69, 9.17) is 5.73 Å². The summed E-state index contributed by atoms with van der Waals surface area (Å²) in [6.07, 6.45) is 9.56. The van der Waals surface area contributed by atoms with Crippen molar-refractivity contribution in [2.24, 2.45) is 11.1 Å². The van der Waals surface area contributed by atoms with Gasteiger partial charge in [-0.3, -0.25) is 0 Å². The molecule has 1 atom stereocenters. The summed E-state index contributed by atoms with van der Waals surface area (Å²) in [6.45, 7) is 2.33. The number of rotatable bonds is 2. The molecule has 94 valence electrons. The molecule has 1 aliphatic carbocycles. The Morgan fingerprint density at radius 2 is 1.62 bits per heavy atom. The topological polar surface area (TPSA) is 58.3 Å². The van der Waals surface area contributed by atoms with E-state index in [1.165, 1.54) is 32.1 Å². The van der Waals surface area contributed by atoms with Crippen LogP contribution in [-0.2, 0) is 0 Å². The van der Waals surface area contributed by atoms with Gasteiger partial charge in [-0.25, -0.2) is 0 Å². The monoisotopic (exact) mass is 226 g/mol. The molecule has 0 spiro atoms. The summed E-state index contributed by atoms with van der Waals surface area (Å²) < 4.78 is 0. The predicted molar refractivity (Wildman–Crippen MR) is 66.2 cm³/mol. The Bertz CT molecular complexity index is 216. The number of β-amino-alcohol motifs (C(OH)–C–C–N with tert-alkyl or cyclic N) is 1. The Hall–Kier alpha value is -0.120. The summed E-state index contributed by atoms with van der Waals surface area (Å²) in [5.41, 5.74) is 5.48. The van der Waals surface area contributed by atoms with Crippen LogP contribution in [0.15, 0.2) is 0 Å². The molecule has 1 heterocycles. The van der Waals surface area contributed by atoms with Gasteiger partial charge in [0.2, 0.25) is 0 Å². The zero-order valence-electron chi connectivity index (χ0n) is 10.3. The van der Waals surface area contributed by atoms with Crippen LogP contribution in [0, 0.1) is 5.41 Å². The molecule has 1 saturated heterocycles. The second-order valence-electron chi connectivity index (χ2n) is 5.71. The van der Waals surface area contributed by atoms with E-state index in [1.54, 1.807) is 0 Å². The molecule has 4 N–H and O–H groups in total. The number of hydrogen-bond donors (Lipinski definition) is 3. The average Bonchev–Trinajstić information content (AvgIpc) is 2.67. The fourth-order valence-electron chi connectivity index (χ4n) is 3.57. The maximum Gasteiger partial charge on any atom is 0.0851 e. The van der Waals surface area contributed by atoms with Crippen molar-refractivity contribution >= 4 is 0 Å². The minimum Gasteiger partial charge on any atom is -0.388 e. The third-order valence-corrected chi connectivity index (χ3v) is 4.82. The zero-order valence-corrected chi connectivity index (χ0v) is 10.3. The summed E-state index contributed by atoms with van der Waals surface area (Å²) in [4.78, 5) is 0. The van der Waals surface area contributed by atoms with Crippen molar-refractivity contribution in [2.75, 3.05) is 19.6 Å². The molecule has 3 nitrogen and oxygen atoms in total. The molecule has 1 saturated carbocycles. The van der Waals surface area contributed by atoms with Gasteiger partial charge in [-0.05, 0) is 25.8 Å². The van der Waals surface area contributed by atoms with Crippen molar-refractivity contribution in [3.05, 3.63) is 0 Å². The fraction of sp³-hybridized carbons (Fsp3) is 1.00. The highest BCUT2D eigenvalue weighted by atomic mass is 16.3. The molecule has 0 bridgehead atoms. The third kappa shape index (κ3) is 2.13. The van der Waals surface area contributed by atoms with E-state index in [0.717, 1.165) is 32.4 Å². The number of nitrogens with one attached hydrogen (secondary N) is 1. The van der Waals surface area contributed by atoms with E-state index < -0.39 is 5.60 Å². The molecular weight excluding hydrogens is 200 g/mol. The van der Waals surface area contributed by atoms with Gasteiger partial charge in [0.25, 0.3) is 0 Å². The second-order valence-corrected chi connectivity index (χ2v) is 5.71. The number of nitrogens with two attached hydrogens (primary N) is 1. The zero-order chi connectivity index (χ0) is 11.5. The number of aliphatic hydroxyl groups is 1. The fourth-order valence-corrected chi connectivity index (χ4v) is 3.57. The molecular formula is C13H26N2O. The maximum absolute atomic E-state index is 10.8. The molecule has 1 unspecified atom stereocenters. The first-order valence-electron chi connectivity index (χ1n) is 6.86. The quantitative estimate of drug-likeness (QED) is 0.667. The van der Waals surface area contributed by atoms with Crippen LogP contribution in [0.4, 0.5) is 0 Å². The van der Waals surface area contributed by atoms with Crippen molar-refractivity contribution in [3.8, 4) is 0 Å².